The van der Waals surface area contributed by atoms with Crippen LogP contribution in [-0.2, 0) is 6.42 Å². The minimum Gasteiger partial charge on any atom is -0.461 e. The second-order valence-corrected chi connectivity index (χ2v) is 3.17. The van der Waals surface area contributed by atoms with E-state index < -0.39 is 0 Å². The molecule has 2 aromatic rings. The fraction of sp³-hybridized carbons (Fsp3) is 0.0909. The summed E-state index contributed by atoms with van der Waals surface area (Å²) in [6.45, 7) is 0. The summed E-state index contributed by atoms with van der Waals surface area (Å²) in [5.41, 5.74) is 6.34. The molecule has 4 heteroatoms. The maximum Gasteiger partial charge on any atom is 0.202 e. The average molecular weight is 202 g/mol. The highest BCUT2D eigenvalue weighted by molar-refractivity contribution is 5.94. The minimum atomic E-state index is -0.0643. The summed E-state index contributed by atoms with van der Waals surface area (Å²) in [5.74, 6) is 0.718. The van der Waals surface area contributed by atoms with Crippen LogP contribution in [0.1, 0.15) is 16.1 Å². The number of hydrogen-bond acceptors (Lipinski definition) is 4. The van der Waals surface area contributed by atoms with Crippen molar-refractivity contribution in [3.05, 3.63) is 48.0 Å². The Morgan fingerprint density at radius 2 is 2.33 bits per heavy atom. The molecule has 76 valence electrons. The van der Waals surface area contributed by atoms with Crippen molar-refractivity contribution in [1.82, 2.24) is 4.98 Å². The van der Waals surface area contributed by atoms with Gasteiger partial charge < -0.3 is 10.2 Å². The Hall–Kier alpha value is -2.10. The first-order chi connectivity index (χ1) is 7.25. The number of hydrogen-bond donors (Lipinski definition) is 1. The first-order valence-corrected chi connectivity index (χ1v) is 4.53. The lowest BCUT2D eigenvalue weighted by atomic mass is 10.1. The van der Waals surface area contributed by atoms with E-state index in [9.17, 15) is 4.79 Å². The Morgan fingerprint density at radius 1 is 1.47 bits per heavy atom. The molecule has 0 aliphatic heterocycles. The molecular formula is C11H10N2O2. The molecule has 0 aliphatic carbocycles. The number of anilines is 1. The monoisotopic (exact) mass is 202 g/mol. The van der Waals surface area contributed by atoms with E-state index in [1.54, 1.807) is 30.5 Å². The Morgan fingerprint density at radius 3 is 3.00 bits per heavy atom. The van der Waals surface area contributed by atoms with Gasteiger partial charge in [0.25, 0.3) is 0 Å². The highest BCUT2D eigenvalue weighted by Crippen LogP contribution is 2.09. The highest BCUT2D eigenvalue weighted by Gasteiger charge is 2.09. The molecule has 0 fully saturated rings. The molecule has 2 aromatic heterocycles. The van der Waals surface area contributed by atoms with Gasteiger partial charge in [-0.15, -0.1) is 0 Å². The second kappa shape index (κ2) is 3.96. The SMILES string of the molecule is Nc1cc(CC(=O)c2ccco2)ccn1. The predicted octanol–water partition coefficient (Wildman–Crippen LogP) is 1.68. The van der Waals surface area contributed by atoms with Gasteiger partial charge in [0, 0.05) is 12.6 Å². The van der Waals surface area contributed by atoms with Gasteiger partial charge in [-0.05, 0) is 29.8 Å². The van der Waals surface area contributed by atoms with Crippen LogP contribution in [0.2, 0.25) is 0 Å². The molecule has 4 nitrogen and oxygen atoms in total. The lowest BCUT2D eigenvalue weighted by Crippen LogP contribution is -2.03. The molecule has 0 unspecified atom stereocenters. The van der Waals surface area contributed by atoms with E-state index in [1.807, 2.05) is 0 Å². The van der Waals surface area contributed by atoms with E-state index in [4.69, 9.17) is 10.2 Å². The van der Waals surface area contributed by atoms with Crippen molar-refractivity contribution in [2.45, 2.75) is 6.42 Å². The summed E-state index contributed by atoms with van der Waals surface area (Å²) in [5, 5.41) is 0. The zero-order valence-corrected chi connectivity index (χ0v) is 8.01. The number of carbonyl (C=O) groups is 1. The predicted molar refractivity (Wildman–Crippen MR) is 55.4 cm³/mol. The van der Waals surface area contributed by atoms with Crippen molar-refractivity contribution in [3.63, 3.8) is 0 Å². The van der Waals surface area contributed by atoms with Crippen molar-refractivity contribution >= 4 is 11.6 Å². The molecule has 0 aromatic carbocycles. The largest absolute Gasteiger partial charge is 0.461 e. The highest BCUT2D eigenvalue weighted by atomic mass is 16.3. The molecule has 0 amide bonds. The summed E-state index contributed by atoms with van der Waals surface area (Å²) in [6, 6.07) is 6.78. The van der Waals surface area contributed by atoms with Gasteiger partial charge in [-0.1, -0.05) is 0 Å². The number of nitrogen functional groups attached to an aromatic ring is 1. The van der Waals surface area contributed by atoms with Gasteiger partial charge in [0.1, 0.15) is 5.82 Å². The van der Waals surface area contributed by atoms with Crippen LogP contribution >= 0.6 is 0 Å². The summed E-state index contributed by atoms with van der Waals surface area (Å²) in [4.78, 5) is 15.5. The number of rotatable bonds is 3. The van der Waals surface area contributed by atoms with Gasteiger partial charge in [-0.2, -0.15) is 0 Å². The number of nitrogens with two attached hydrogens (primary N) is 1. The first-order valence-electron chi connectivity index (χ1n) is 4.53. The number of pyridine rings is 1. The van der Waals surface area contributed by atoms with E-state index in [2.05, 4.69) is 4.98 Å². The normalized spacial score (nSPS) is 10.1. The summed E-state index contributed by atoms with van der Waals surface area (Å²) < 4.78 is 5.00. The average Bonchev–Trinajstić information content (AvgIpc) is 2.70. The molecule has 0 saturated heterocycles. The van der Waals surface area contributed by atoms with Crippen molar-refractivity contribution in [2.24, 2.45) is 0 Å². The Bertz CT molecular complexity index is 463. The Kier molecular flexibility index (Phi) is 2.49. The maximum absolute atomic E-state index is 11.6. The third-order valence-corrected chi connectivity index (χ3v) is 2.01. The van der Waals surface area contributed by atoms with E-state index >= 15 is 0 Å². The molecule has 0 aliphatic rings. The lowest BCUT2D eigenvalue weighted by Gasteiger charge is -1.99. The molecule has 2 heterocycles. The number of ketones is 1. The zero-order chi connectivity index (χ0) is 10.7. The summed E-state index contributed by atoms with van der Waals surface area (Å²) >= 11 is 0. The number of Topliss-reactive ketones (excluding diaryl/α,β-unsaturated/α-hetero) is 1. The van der Waals surface area contributed by atoms with Gasteiger partial charge in [-0.25, -0.2) is 4.98 Å². The third kappa shape index (κ3) is 2.22. The van der Waals surface area contributed by atoms with Crippen molar-refractivity contribution < 1.29 is 9.21 Å². The lowest BCUT2D eigenvalue weighted by molar-refractivity contribution is 0.0966. The fourth-order valence-electron chi connectivity index (χ4n) is 1.31. The quantitative estimate of drug-likeness (QED) is 0.769. The molecular weight excluding hydrogens is 192 g/mol. The Labute approximate surface area is 86.7 Å². The molecule has 2 N–H and O–H groups in total. The smallest absolute Gasteiger partial charge is 0.202 e. The van der Waals surface area contributed by atoms with E-state index in [0.29, 0.717) is 11.6 Å². The van der Waals surface area contributed by atoms with Crippen molar-refractivity contribution in [3.8, 4) is 0 Å². The first kappa shape index (κ1) is 9.45. The van der Waals surface area contributed by atoms with E-state index in [0.717, 1.165) is 5.56 Å². The van der Waals surface area contributed by atoms with Gasteiger partial charge >= 0.3 is 0 Å². The molecule has 2 rings (SSSR count). The van der Waals surface area contributed by atoms with Gasteiger partial charge in [0.15, 0.2) is 5.76 Å². The Balaban J connectivity index is 2.13. The summed E-state index contributed by atoms with van der Waals surface area (Å²) in [7, 11) is 0. The van der Waals surface area contributed by atoms with Crippen LogP contribution in [0.15, 0.2) is 41.1 Å². The zero-order valence-electron chi connectivity index (χ0n) is 8.01. The van der Waals surface area contributed by atoms with Gasteiger partial charge in [-0.3, -0.25) is 4.79 Å². The second-order valence-electron chi connectivity index (χ2n) is 3.17. The molecule has 0 spiro atoms. The number of furan rings is 1. The van der Waals surface area contributed by atoms with Crippen LogP contribution in [0.4, 0.5) is 5.82 Å². The van der Waals surface area contributed by atoms with Gasteiger partial charge in [0.05, 0.1) is 6.26 Å². The van der Waals surface area contributed by atoms with Crippen LogP contribution in [0.25, 0.3) is 0 Å². The standard InChI is InChI=1S/C11H10N2O2/c12-11-7-8(3-4-13-11)6-9(14)10-2-1-5-15-10/h1-5,7H,6H2,(H2,12,13). The molecule has 0 atom stereocenters. The fourth-order valence-corrected chi connectivity index (χ4v) is 1.31. The minimum absolute atomic E-state index is 0.0643. The van der Waals surface area contributed by atoms with Crippen LogP contribution in [0, 0.1) is 0 Å². The molecule has 0 bridgehead atoms. The molecule has 0 radical (unpaired) electrons. The number of nitrogens with zero attached hydrogens (tertiary/aromatic N) is 1. The third-order valence-electron chi connectivity index (χ3n) is 2.01. The van der Waals surface area contributed by atoms with Crippen molar-refractivity contribution in [1.29, 1.82) is 0 Å². The molecule has 15 heavy (non-hydrogen) atoms. The van der Waals surface area contributed by atoms with Crippen LogP contribution in [0.3, 0.4) is 0 Å². The topological polar surface area (TPSA) is 69.1 Å². The number of carbonyl (C=O) groups excluding carboxylic acids is 1. The van der Waals surface area contributed by atoms with E-state index in [-0.39, 0.29) is 12.2 Å². The maximum atomic E-state index is 11.6. The van der Waals surface area contributed by atoms with Crippen molar-refractivity contribution in [2.75, 3.05) is 5.73 Å². The summed E-state index contributed by atoms with van der Waals surface area (Å²) in [6.07, 6.45) is 3.34. The van der Waals surface area contributed by atoms with Crippen LogP contribution in [0.5, 0.6) is 0 Å². The molecule has 0 saturated carbocycles. The van der Waals surface area contributed by atoms with E-state index in [1.165, 1.54) is 6.26 Å². The van der Waals surface area contributed by atoms with Gasteiger partial charge in [0.2, 0.25) is 5.78 Å². The van der Waals surface area contributed by atoms with Crippen LogP contribution in [-0.4, -0.2) is 10.8 Å². The van der Waals surface area contributed by atoms with Crippen LogP contribution < -0.4 is 5.73 Å². The number of aromatic nitrogens is 1.